The zero-order chi connectivity index (χ0) is 15.9. The average Bonchev–Trinajstić information content (AvgIpc) is 2.79. The second-order valence-electron chi connectivity index (χ2n) is 5.22. The summed E-state index contributed by atoms with van der Waals surface area (Å²) >= 11 is 3.48. The van der Waals surface area contributed by atoms with Crippen molar-refractivity contribution in [2.24, 2.45) is 0 Å². The number of halogens is 2. The van der Waals surface area contributed by atoms with Gasteiger partial charge in [0.2, 0.25) is 5.78 Å². The third-order valence-corrected chi connectivity index (χ3v) is 4.41. The Morgan fingerprint density at radius 3 is 2.50 bits per heavy atom. The average molecular weight is 360 g/mol. The van der Waals surface area contributed by atoms with Crippen LogP contribution in [0.2, 0.25) is 0 Å². The number of ketones is 1. The molecule has 0 bridgehead atoms. The minimum absolute atomic E-state index is 0.0772. The second-order valence-corrected chi connectivity index (χ2v) is 6.13. The van der Waals surface area contributed by atoms with Crippen molar-refractivity contribution in [3.05, 3.63) is 69.6 Å². The number of aryl methyl sites for hydroxylation is 2. The Morgan fingerprint density at radius 2 is 1.86 bits per heavy atom. The van der Waals surface area contributed by atoms with E-state index in [1.807, 2.05) is 36.6 Å². The summed E-state index contributed by atoms with van der Waals surface area (Å²) in [6, 6.07) is 11.7. The summed E-state index contributed by atoms with van der Waals surface area (Å²) in [5.74, 6) is -0.417. The van der Waals surface area contributed by atoms with Gasteiger partial charge in [0, 0.05) is 27.5 Å². The quantitative estimate of drug-likeness (QED) is 0.596. The smallest absolute Gasteiger partial charge is 0.209 e. The van der Waals surface area contributed by atoms with Gasteiger partial charge < -0.3 is 4.57 Å². The van der Waals surface area contributed by atoms with Crippen LogP contribution in [0.3, 0.4) is 0 Å². The summed E-state index contributed by atoms with van der Waals surface area (Å²) in [7, 11) is 0. The molecule has 3 aromatic rings. The van der Waals surface area contributed by atoms with E-state index in [0.29, 0.717) is 17.8 Å². The van der Waals surface area contributed by atoms with E-state index in [0.717, 1.165) is 20.9 Å². The zero-order valence-corrected chi connectivity index (χ0v) is 13.9. The Bertz CT molecular complexity index is 865. The highest BCUT2D eigenvalue weighted by atomic mass is 79.9. The normalized spacial score (nSPS) is 11.1. The van der Waals surface area contributed by atoms with Crippen LogP contribution in [-0.4, -0.2) is 10.4 Å². The molecule has 0 amide bonds. The number of carbonyl (C=O) groups is 1. The van der Waals surface area contributed by atoms with Crippen LogP contribution in [0.25, 0.3) is 10.9 Å². The highest BCUT2D eigenvalue weighted by Crippen LogP contribution is 2.30. The van der Waals surface area contributed by atoms with Gasteiger partial charge in [-0.15, -0.1) is 0 Å². The Morgan fingerprint density at radius 1 is 1.18 bits per heavy atom. The first kappa shape index (κ1) is 15.0. The number of nitrogens with zero attached hydrogens (tertiary/aromatic N) is 1. The fourth-order valence-electron chi connectivity index (χ4n) is 2.85. The third-order valence-electron chi connectivity index (χ3n) is 3.92. The molecule has 0 saturated carbocycles. The maximum absolute atomic E-state index is 13.1. The van der Waals surface area contributed by atoms with Crippen LogP contribution in [-0.2, 0) is 6.54 Å². The van der Waals surface area contributed by atoms with Crippen LogP contribution in [0.15, 0.2) is 46.9 Å². The molecule has 0 aliphatic rings. The van der Waals surface area contributed by atoms with Gasteiger partial charge in [0.1, 0.15) is 5.82 Å². The van der Waals surface area contributed by atoms with Crippen molar-refractivity contribution in [3.63, 3.8) is 0 Å². The van der Waals surface area contributed by atoms with E-state index in [2.05, 4.69) is 15.9 Å². The van der Waals surface area contributed by atoms with Crippen molar-refractivity contribution < 1.29 is 9.18 Å². The van der Waals surface area contributed by atoms with Crippen molar-refractivity contribution in [2.75, 3.05) is 0 Å². The van der Waals surface area contributed by atoms with Gasteiger partial charge in [-0.25, -0.2) is 4.39 Å². The first-order chi connectivity index (χ1) is 10.5. The molecule has 3 rings (SSSR count). The number of rotatable bonds is 3. The molecule has 0 aliphatic carbocycles. The van der Waals surface area contributed by atoms with Gasteiger partial charge in [-0.05, 0) is 61.9 Å². The number of hydrogen-bond donors (Lipinski definition) is 0. The predicted molar refractivity (Wildman–Crippen MR) is 89.9 cm³/mol. The van der Waals surface area contributed by atoms with Gasteiger partial charge in [0.25, 0.3) is 0 Å². The van der Waals surface area contributed by atoms with E-state index in [-0.39, 0.29) is 11.6 Å². The SMILES string of the molecule is CCn1c(C(=O)c2ccc(F)cc2)c(C)c2cc(Br)ccc21. The Balaban J connectivity index is 2.23. The van der Waals surface area contributed by atoms with Gasteiger partial charge in [-0.1, -0.05) is 15.9 Å². The summed E-state index contributed by atoms with van der Waals surface area (Å²) in [5.41, 5.74) is 3.16. The van der Waals surface area contributed by atoms with E-state index in [1.54, 1.807) is 0 Å². The van der Waals surface area contributed by atoms with Gasteiger partial charge >= 0.3 is 0 Å². The molecule has 0 radical (unpaired) electrons. The summed E-state index contributed by atoms with van der Waals surface area (Å²) in [4.78, 5) is 12.9. The molecule has 0 atom stereocenters. The summed E-state index contributed by atoms with van der Waals surface area (Å²) < 4.78 is 16.1. The number of carbonyl (C=O) groups excluding carboxylic acids is 1. The number of fused-ring (bicyclic) bond motifs is 1. The standard InChI is InChI=1S/C18H15BrFNO/c1-3-21-16-9-6-13(19)10-15(16)11(2)17(21)18(22)12-4-7-14(20)8-5-12/h4-10H,3H2,1-2H3. The van der Waals surface area contributed by atoms with E-state index in [9.17, 15) is 9.18 Å². The van der Waals surface area contributed by atoms with Crippen LogP contribution in [0.4, 0.5) is 4.39 Å². The molecule has 2 aromatic carbocycles. The largest absolute Gasteiger partial charge is 0.338 e. The molecule has 0 aliphatic heterocycles. The van der Waals surface area contributed by atoms with Crippen LogP contribution in [0, 0.1) is 12.7 Å². The van der Waals surface area contributed by atoms with Gasteiger partial charge in [-0.2, -0.15) is 0 Å². The van der Waals surface area contributed by atoms with E-state index in [4.69, 9.17) is 0 Å². The maximum atomic E-state index is 13.1. The lowest BCUT2D eigenvalue weighted by Crippen LogP contribution is -2.10. The van der Waals surface area contributed by atoms with Gasteiger partial charge in [0.15, 0.2) is 0 Å². The molecule has 112 valence electrons. The zero-order valence-electron chi connectivity index (χ0n) is 12.4. The van der Waals surface area contributed by atoms with Crippen molar-refractivity contribution in [1.29, 1.82) is 0 Å². The minimum Gasteiger partial charge on any atom is -0.338 e. The number of benzene rings is 2. The first-order valence-electron chi connectivity index (χ1n) is 7.11. The second kappa shape index (κ2) is 5.69. The number of hydrogen-bond acceptors (Lipinski definition) is 1. The molecule has 0 spiro atoms. The monoisotopic (exact) mass is 359 g/mol. The fraction of sp³-hybridized carbons (Fsp3) is 0.167. The topological polar surface area (TPSA) is 22.0 Å². The molecular weight excluding hydrogens is 345 g/mol. The lowest BCUT2D eigenvalue weighted by atomic mass is 10.0. The Kier molecular flexibility index (Phi) is 3.87. The lowest BCUT2D eigenvalue weighted by Gasteiger charge is -2.08. The van der Waals surface area contributed by atoms with Crippen LogP contribution >= 0.6 is 15.9 Å². The van der Waals surface area contributed by atoms with E-state index >= 15 is 0 Å². The van der Waals surface area contributed by atoms with Crippen molar-refractivity contribution in [1.82, 2.24) is 4.57 Å². The molecule has 0 saturated heterocycles. The number of aromatic nitrogens is 1. The fourth-order valence-corrected chi connectivity index (χ4v) is 3.21. The molecule has 1 aromatic heterocycles. The summed E-state index contributed by atoms with van der Waals surface area (Å²) in [6.45, 7) is 4.67. The molecule has 22 heavy (non-hydrogen) atoms. The molecule has 4 heteroatoms. The van der Waals surface area contributed by atoms with Gasteiger partial charge in [0.05, 0.1) is 5.69 Å². The highest BCUT2D eigenvalue weighted by Gasteiger charge is 2.20. The van der Waals surface area contributed by atoms with Gasteiger partial charge in [-0.3, -0.25) is 4.79 Å². The predicted octanol–water partition coefficient (Wildman–Crippen LogP) is 5.10. The van der Waals surface area contributed by atoms with Crippen LogP contribution < -0.4 is 0 Å². The van der Waals surface area contributed by atoms with Crippen LogP contribution in [0.1, 0.15) is 28.5 Å². The minimum atomic E-state index is -0.340. The molecule has 0 fully saturated rings. The Labute approximate surface area is 136 Å². The van der Waals surface area contributed by atoms with Crippen LogP contribution in [0.5, 0.6) is 0 Å². The van der Waals surface area contributed by atoms with Crippen molar-refractivity contribution >= 4 is 32.6 Å². The van der Waals surface area contributed by atoms with E-state index in [1.165, 1.54) is 24.3 Å². The lowest BCUT2D eigenvalue weighted by molar-refractivity contribution is 0.103. The maximum Gasteiger partial charge on any atom is 0.209 e. The van der Waals surface area contributed by atoms with Crippen molar-refractivity contribution in [3.8, 4) is 0 Å². The summed E-state index contributed by atoms with van der Waals surface area (Å²) in [6.07, 6.45) is 0. The molecule has 0 N–H and O–H groups in total. The highest BCUT2D eigenvalue weighted by molar-refractivity contribution is 9.10. The molecule has 2 nitrogen and oxygen atoms in total. The van der Waals surface area contributed by atoms with Crippen molar-refractivity contribution in [2.45, 2.75) is 20.4 Å². The Hall–Kier alpha value is -1.94. The van der Waals surface area contributed by atoms with E-state index < -0.39 is 0 Å². The molecule has 0 unspecified atom stereocenters. The molecular formula is C18H15BrFNO. The first-order valence-corrected chi connectivity index (χ1v) is 7.91. The third kappa shape index (κ3) is 2.37. The summed E-state index contributed by atoms with van der Waals surface area (Å²) in [5, 5.41) is 1.06. The molecule has 1 heterocycles.